The minimum absolute atomic E-state index is 0.171. The molecule has 0 radical (unpaired) electrons. The molecule has 0 saturated heterocycles. The van der Waals surface area contributed by atoms with E-state index >= 15 is 0 Å². The number of thiophene rings is 1. The molecule has 0 aromatic carbocycles. The van der Waals surface area contributed by atoms with E-state index in [4.69, 9.17) is 0 Å². The van der Waals surface area contributed by atoms with Gasteiger partial charge >= 0.3 is 0 Å². The SMILES string of the molecule is CC(C)(C)c1sc2ncccc2c1C(C)(C)C. The molecular weight excluding hydrogens is 226 g/mol. The Morgan fingerprint density at radius 1 is 1.00 bits per heavy atom. The van der Waals surface area contributed by atoms with Crippen molar-refractivity contribution in [3.05, 3.63) is 28.8 Å². The number of aromatic nitrogens is 1. The van der Waals surface area contributed by atoms with Gasteiger partial charge < -0.3 is 0 Å². The summed E-state index contributed by atoms with van der Waals surface area (Å²) in [5.41, 5.74) is 1.83. The van der Waals surface area contributed by atoms with E-state index in [9.17, 15) is 0 Å². The minimum Gasteiger partial charge on any atom is -0.245 e. The van der Waals surface area contributed by atoms with Crippen molar-refractivity contribution < 1.29 is 0 Å². The molecule has 0 aliphatic rings. The molecule has 0 saturated carbocycles. The normalized spacial score (nSPS) is 13.3. The molecule has 0 unspecified atom stereocenters. The first-order valence-electron chi connectivity index (χ1n) is 6.10. The van der Waals surface area contributed by atoms with Crippen molar-refractivity contribution in [2.75, 3.05) is 0 Å². The molecule has 0 N–H and O–H groups in total. The van der Waals surface area contributed by atoms with Gasteiger partial charge in [-0.15, -0.1) is 11.3 Å². The summed E-state index contributed by atoms with van der Waals surface area (Å²) in [6.45, 7) is 13.7. The van der Waals surface area contributed by atoms with E-state index in [-0.39, 0.29) is 10.8 Å². The lowest BCUT2D eigenvalue weighted by atomic mass is 9.79. The monoisotopic (exact) mass is 247 g/mol. The Balaban J connectivity index is 2.84. The fraction of sp³-hybridized carbons (Fsp3) is 0.533. The quantitative estimate of drug-likeness (QED) is 0.646. The third-order valence-electron chi connectivity index (χ3n) is 2.90. The summed E-state index contributed by atoms with van der Waals surface area (Å²) >= 11 is 1.85. The van der Waals surface area contributed by atoms with E-state index in [2.05, 4.69) is 52.6 Å². The summed E-state index contributed by atoms with van der Waals surface area (Å²) in [5, 5.41) is 1.33. The van der Waals surface area contributed by atoms with Crippen molar-refractivity contribution in [3.63, 3.8) is 0 Å². The zero-order valence-corrected chi connectivity index (χ0v) is 12.4. The zero-order chi connectivity index (χ0) is 12.8. The molecule has 0 spiro atoms. The lowest BCUT2D eigenvalue weighted by molar-refractivity contribution is 0.545. The first-order valence-corrected chi connectivity index (χ1v) is 6.91. The standard InChI is InChI=1S/C15H21NS/c1-14(2,3)11-10-8-7-9-16-13(10)17-12(11)15(4,5)6/h7-9H,1-6H3. The Bertz CT molecular complexity index is 538. The Morgan fingerprint density at radius 3 is 2.18 bits per heavy atom. The Labute approximate surface area is 108 Å². The average molecular weight is 247 g/mol. The molecule has 17 heavy (non-hydrogen) atoms. The van der Waals surface area contributed by atoms with Crippen LogP contribution in [0.25, 0.3) is 10.2 Å². The number of fused-ring (bicyclic) bond motifs is 1. The smallest absolute Gasteiger partial charge is 0.123 e. The first-order chi connectivity index (χ1) is 7.71. The van der Waals surface area contributed by atoms with Gasteiger partial charge in [-0.05, 0) is 22.5 Å². The highest BCUT2D eigenvalue weighted by molar-refractivity contribution is 7.19. The number of hydrogen-bond donors (Lipinski definition) is 0. The van der Waals surface area contributed by atoms with Gasteiger partial charge in [0.15, 0.2) is 0 Å². The van der Waals surface area contributed by atoms with Crippen LogP contribution < -0.4 is 0 Å². The number of nitrogens with zero attached hydrogens (tertiary/aromatic N) is 1. The summed E-state index contributed by atoms with van der Waals surface area (Å²) in [6, 6.07) is 4.24. The highest BCUT2D eigenvalue weighted by Crippen LogP contribution is 2.43. The molecule has 0 aliphatic heterocycles. The van der Waals surface area contributed by atoms with Gasteiger partial charge in [0.25, 0.3) is 0 Å². The van der Waals surface area contributed by atoms with Crippen LogP contribution in [0.1, 0.15) is 52.0 Å². The van der Waals surface area contributed by atoms with Gasteiger partial charge in [-0.25, -0.2) is 4.98 Å². The van der Waals surface area contributed by atoms with Gasteiger partial charge in [0.1, 0.15) is 4.83 Å². The van der Waals surface area contributed by atoms with E-state index in [1.54, 1.807) is 0 Å². The largest absolute Gasteiger partial charge is 0.245 e. The first kappa shape index (κ1) is 12.6. The fourth-order valence-electron chi connectivity index (χ4n) is 2.21. The van der Waals surface area contributed by atoms with E-state index in [0.29, 0.717) is 0 Å². The molecule has 2 rings (SSSR count). The average Bonchev–Trinajstić information content (AvgIpc) is 2.54. The predicted molar refractivity (Wildman–Crippen MR) is 77.0 cm³/mol. The third kappa shape index (κ3) is 2.23. The minimum atomic E-state index is 0.171. The van der Waals surface area contributed by atoms with Crippen LogP contribution in [0.5, 0.6) is 0 Å². The molecule has 0 amide bonds. The van der Waals surface area contributed by atoms with Crippen LogP contribution in [0.15, 0.2) is 18.3 Å². The predicted octanol–water partition coefficient (Wildman–Crippen LogP) is 4.89. The molecule has 2 aromatic rings. The molecule has 0 fully saturated rings. The Morgan fingerprint density at radius 2 is 1.65 bits per heavy atom. The summed E-state index contributed by atoms with van der Waals surface area (Å²) in [6.07, 6.45) is 1.89. The number of hydrogen-bond acceptors (Lipinski definition) is 2. The number of rotatable bonds is 0. The van der Waals surface area contributed by atoms with Crippen molar-refractivity contribution in [3.8, 4) is 0 Å². The van der Waals surface area contributed by atoms with Crippen molar-refractivity contribution in [1.29, 1.82) is 0 Å². The topological polar surface area (TPSA) is 12.9 Å². The fourth-order valence-corrected chi connectivity index (χ4v) is 3.62. The van der Waals surface area contributed by atoms with Crippen molar-refractivity contribution in [2.45, 2.75) is 52.4 Å². The summed E-state index contributed by atoms with van der Waals surface area (Å²) < 4.78 is 0. The lowest BCUT2D eigenvalue weighted by Gasteiger charge is -2.26. The highest BCUT2D eigenvalue weighted by atomic mass is 32.1. The molecule has 92 valence electrons. The van der Waals surface area contributed by atoms with Crippen LogP contribution in [-0.2, 0) is 10.8 Å². The van der Waals surface area contributed by atoms with Gasteiger partial charge in [0.05, 0.1) is 0 Å². The van der Waals surface area contributed by atoms with Gasteiger partial charge in [-0.2, -0.15) is 0 Å². The summed E-state index contributed by atoms with van der Waals surface area (Å²) in [7, 11) is 0. The summed E-state index contributed by atoms with van der Waals surface area (Å²) in [4.78, 5) is 7.15. The lowest BCUT2D eigenvalue weighted by Crippen LogP contribution is -2.19. The second-order valence-corrected chi connectivity index (χ2v) is 7.66. The Hall–Kier alpha value is -0.890. The summed E-state index contributed by atoms with van der Waals surface area (Å²) in [5.74, 6) is 0. The zero-order valence-electron chi connectivity index (χ0n) is 11.6. The molecule has 2 heterocycles. The van der Waals surface area contributed by atoms with Crippen LogP contribution in [0.2, 0.25) is 0 Å². The van der Waals surface area contributed by atoms with E-state index in [1.807, 2.05) is 23.6 Å². The second kappa shape index (κ2) is 3.81. The van der Waals surface area contributed by atoms with Crippen molar-refractivity contribution in [2.24, 2.45) is 0 Å². The van der Waals surface area contributed by atoms with E-state index in [0.717, 1.165) is 0 Å². The van der Waals surface area contributed by atoms with Crippen molar-refractivity contribution >= 4 is 21.6 Å². The van der Waals surface area contributed by atoms with Gasteiger partial charge in [0, 0.05) is 16.5 Å². The molecule has 0 bridgehead atoms. The second-order valence-electron chi connectivity index (χ2n) is 6.66. The molecule has 2 aromatic heterocycles. The van der Waals surface area contributed by atoms with Crippen molar-refractivity contribution in [1.82, 2.24) is 4.98 Å². The van der Waals surface area contributed by atoms with Gasteiger partial charge in [0.2, 0.25) is 0 Å². The molecule has 2 heteroatoms. The van der Waals surface area contributed by atoms with Crippen LogP contribution in [0.3, 0.4) is 0 Å². The molecule has 1 nitrogen and oxygen atoms in total. The van der Waals surface area contributed by atoms with Gasteiger partial charge in [-0.3, -0.25) is 0 Å². The highest BCUT2D eigenvalue weighted by Gasteiger charge is 2.29. The number of pyridine rings is 1. The van der Waals surface area contributed by atoms with Crippen LogP contribution in [0.4, 0.5) is 0 Å². The molecular formula is C15H21NS. The van der Waals surface area contributed by atoms with Crippen LogP contribution in [-0.4, -0.2) is 4.98 Å². The van der Waals surface area contributed by atoms with E-state index in [1.165, 1.54) is 20.7 Å². The van der Waals surface area contributed by atoms with E-state index < -0.39 is 0 Å². The maximum atomic E-state index is 4.51. The Kier molecular flexibility index (Phi) is 2.81. The maximum Gasteiger partial charge on any atom is 0.123 e. The third-order valence-corrected chi connectivity index (χ3v) is 4.44. The van der Waals surface area contributed by atoms with Crippen LogP contribution in [0, 0.1) is 0 Å². The molecule has 0 aliphatic carbocycles. The maximum absolute atomic E-state index is 4.51. The molecule has 0 atom stereocenters. The van der Waals surface area contributed by atoms with Crippen LogP contribution >= 0.6 is 11.3 Å². The van der Waals surface area contributed by atoms with Gasteiger partial charge in [-0.1, -0.05) is 47.6 Å².